The molecular formula is C22H26N2O4. The molecule has 0 bridgehead atoms. The van der Waals surface area contributed by atoms with Crippen LogP contribution in [0.2, 0.25) is 0 Å². The maximum atomic E-state index is 13.6. The summed E-state index contributed by atoms with van der Waals surface area (Å²) in [4.78, 5) is 27.3. The van der Waals surface area contributed by atoms with E-state index >= 15 is 0 Å². The van der Waals surface area contributed by atoms with Gasteiger partial charge in [-0.2, -0.15) is 0 Å². The van der Waals surface area contributed by atoms with Gasteiger partial charge in [0.1, 0.15) is 5.41 Å². The zero-order chi connectivity index (χ0) is 20.1. The summed E-state index contributed by atoms with van der Waals surface area (Å²) in [5, 5.41) is 20.4. The standard InChI is InChI=1S/C22H26N2O4/c23-20(27)22(12-7-13-22)21(28)24(18(14-25)16-8-3-1-4-9-16)19(15-26)17-10-5-2-6-11-17/h1-6,8-11,18-19,25-26H,7,12-15H2,(H2,23,27)/t18-,19-/m0/s1. The average Bonchev–Trinajstić information content (AvgIpc) is 2.68. The quantitative estimate of drug-likeness (QED) is 0.607. The van der Waals surface area contributed by atoms with Gasteiger partial charge in [0.05, 0.1) is 25.3 Å². The van der Waals surface area contributed by atoms with E-state index in [2.05, 4.69) is 0 Å². The van der Waals surface area contributed by atoms with Crippen molar-refractivity contribution in [3.8, 4) is 0 Å². The molecule has 1 aliphatic rings. The summed E-state index contributed by atoms with van der Waals surface area (Å²) >= 11 is 0. The Morgan fingerprint density at radius 3 is 1.61 bits per heavy atom. The molecule has 0 spiro atoms. The summed E-state index contributed by atoms with van der Waals surface area (Å²) in [7, 11) is 0. The van der Waals surface area contributed by atoms with Crippen molar-refractivity contribution in [3.05, 3.63) is 71.8 Å². The monoisotopic (exact) mass is 382 g/mol. The molecule has 2 atom stereocenters. The van der Waals surface area contributed by atoms with Crippen LogP contribution in [0.25, 0.3) is 0 Å². The number of nitrogens with zero attached hydrogens (tertiary/aromatic N) is 1. The summed E-state index contributed by atoms with van der Waals surface area (Å²) in [6, 6.07) is 16.9. The molecule has 4 N–H and O–H groups in total. The second-order valence-electron chi connectivity index (χ2n) is 7.23. The maximum absolute atomic E-state index is 13.6. The van der Waals surface area contributed by atoms with E-state index in [1.165, 1.54) is 4.90 Å². The van der Waals surface area contributed by atoms with Crippen molar-refractivity contribution in [2.24, 2.45) is 11.1 Å². The predicted octanol–water partition coefficient (Wildman–Crippen LogP) is 1.94. The minimum Gasteiger partial charge on any atom is -0.394 e. The number of rotatable bonds is 8. The Morgan fingerprint density at radius 2 is 1.32 bits per heavy atom. The number of primary amides is 1. The van der Waals surface area contributed by atoms with E-state index in [1.54, 1.807) is 0 Å². The largest absolute Gasteiger partial charge is 0.394 e. The molecular weight excluding hydrogens is 356 g/mol. The Kier molecular flexibility index (Phi) is 6.11. The van der Waals surface area contributed by atoms with Crippen molar-refractivity contribution < 1.29 is 19.8 Å². The van der Waals surface area contributed by atoms with Gasteiger partial charge in [-0.25, -0.2) is 0 Å². The molecule has 148 valence electrons. The first-order valence-electron chi connectivity index (χ1n) is 9.49. The summed E-state index contributed by atoms with van der Waals surface area (Å²) in [5.74, 6) is -1.08. The molecule has 2 aromatic rings. The van der Waals surface area contributed by atoms with Crippen molar-refractivity contribution in [2.75, 3.05) is 13.2 Å². The lowest BCUT2D eigenvalue weighted by molar-refractivity contribution is -0.162. The van der Waals surface area contributed by atoms with Gasteiger partial charge in [-0.05, 0) is 24.0 Å². The van der Waals surface area contributed by atoms with E-state index in [0.717, 1.165) is 17.5 Å². The van der Waals surface area contributed by atoms with Crippen LogP contribution in [0.5, 0.6) is 0 Å². The fourth-order valence-electron chi connectivity index (χ4n) is 3.90. The van der Waals surface area contributed by atoms with Gasteiger partial charge >= 0.3 is 0 Å². The molecule has 2 aromatic carbocycles. The van der Waals surface area contributed by atoms with Crippen molar-refractivity contribution in [3.63, 3.8) is 0 Å². The van der Waals surface area contributed by atoms with E-state index in [4.69, 9.17) is 5.73 Å². The van der Waals surface area contributed by atoms with Gasteiger partial charge in [-0.3, -0.25) is 9.59 Å². The first kappa shape index (κ1) is 20.0. The number of aliphatic hydroxyl groups is 2. The third kappa shape index (κ3) is 3.53. The van der Waals surface area contributed by atoms with Crippen LogP contribution in [0.3, 0.4) is 0 Å². The van der Waals surface area contributed by atoms with E-state index in [0.29, 0.717) is 12.8 Å². The van der Waals surface area contributed by atoms with Crippen LogP contribution in [0.1, 0.15) is 42.5 Å². The lowest BCUT2D eigenvalue weighted by Gasteiger charge is -2.46. The lowest BCUT2D eigenvalue weighted by atomic mass is 9.66. The van der Waals surface area contributed by atoms with Gasteiger partial charge in [-0.1, -0.05) is 67.1 Å². The highest BCUT2D eigenvalue weighted by molar-refractivity contribution is 6.05. The van der Waals surface area contributed by atoms with Gasteiger partial charge < -0.3 is 20.8 Å². The molecule has 6 nitrogen and oxygen atoms in total. The second-order valence-corrected chi connectivity index (χ2v) is 7.23. The molecule has 0 saturated heterocycles. The number of nitrogens with two attached hydrogens (primary N) is 1. The highest BCUT2D eigenvalue weighted by Gasteiger charge is 2.53. The lowest BCUT2D eigenvalue weighted by Crippen LogP contribution is -2.57. The smallest absolute Gasteiger partial charge is 0.239 e. The Hall–Kier alpha value is -2.70. The third-order valence-corrected chi connectivity index (χ3v) is 5.71. The number of benzene rings is 2. The van der Waals surface area contributed by atoms with Gasteiger partial charge in [-0.15, -0.1) is 0 Å². The van der Waals surface area contributed by atoms with Crippen LogP contribution in [0.15, 0.2) is 60.7 Å². The number of carbonyl (C=O) groups is 2. The molecule has 0 aromatic heterocycles. The average molecular weight is 382 g/mol. The minimum absolute atomic E-state index is 0.339. The van der Waals surface area contributed by atoms with E-state index in [-0.39, 0.29) is 13.2 Å². The Morgan fingerprint density at radius 1 is 0.893 bits per heavy atom. The Balaban J connectivity index is 2.10. The normalized spacial score (nSPS) is 17.2. The van der Waals surface area contributed by atoms with Crippen molar-refractivity contribution in [2.45, 2.75) is 31.3 Å². The first-order chi connectivity index (χ1) is 13.5. The van der Waals surface area contributed by atoms with Crippen LogP contribution in [0.4, 0.5) is 0 Å². The molecule has 28 heavy (non-hydrogen) atoms. The molecule has 0 unspecified atom stereocenters. The molecule has 0 aliphatic heterocycles. The van der Waals surface area contributed by atoms with Crippen LogP contribution in [-0.2, 0) is 9.59 Å². The minimum atomic E-state index is -1.27. The number of hydrogen-bond donors (Lipinski definition) is 3. The second kappa shape index (κ2) is 8.54. The van der Waals surface area contributed by atoms with Crippen LogP contribution < -0.4 is 5.73 Å². The van der Waals surface area contributed by atoms with Crippen molar-refractivity contribution in [1.29, 1.82) is 0 Å². The molecule has 1 fully saturated rings. The molecule has 0 heterocycles. The Labute approximate surface area is 164 Å². The Bertz CT molecular complexity index is 758. The highest BCUT2D eigenvalue weighted by Crippen LogP contribution is 2.45. The summed E-state index contributed by atoms with van der Waals surface area (Å²) in [6.07, 6.45) is 1.52. The van der Waals surface area contributed by atoms with Crippen LogP contribution >= 0.6 is 0 Å². The molecule has 1 aliphatic carbocycles. The summed E-state index contributed by atoms with van der Waals surface area (Å²) in [5.41, 5.74) is 5.80. The number of amides is 2. The van der Waals surface area contributed by atoms with E-state index in [1.807, 2.05) is 60.7 Å². The number of hydrogen-bond acceptors (Lipinski definition) is 4. The third-order valence-electron chi connectivity index (χ3n) is 5.71. The van der Waals surface area contributed by atoms with E-state index < -0.39 is 29.3 Å². The highest BCUT2D eigenvalue weighted by atomic mass is 16.3. The van der Waals surface area contributed by atoms with Gasteiger partial charge in [0.2, 0.25) is 11.8 Å². The fraction of sp³-hybridized carbons (Fsp3) is 0.364. The summed E-state index contributed by atoms with van der Waals surface area (Å²) < 4.78 is 0. The molecule has 2 amide bonds. The number of carbonyl (C=O) groups excluding carboxylic acids is 2. The number of aliphatic hydroxyl groups excluding tert-OH is 2. The van der Waals surface area contributed by atoms with Gasteiger partial charge in [0.25, 0.3) is 0 Å². The summed E-state index contributed by atoms with van der Waals surface area (Å²) in [6.45, 7) is -0.679. The van der Waals surface area contributed by atoms with Crippen LogP contribution in [0, 0.1) is 5.41 Å². The maximum Gasteiger partial charge on any atom is 0.239 e. The first-order valence-corrected chi connectivity index (χ1v) is 9.49. The SMILES string of the molecule is NC(=O)C1(C(=O)N([C@@H](CO)c2ccccc2)[C@@H](CO)c2ccccc2)CCC1. The molecule has 3 rings (SSSR count). The molecule has 0 radical (unpaired) electrons. The molecule has 1 saturated carbocycles. The van der Waals surface area contributed by atoms with Gasteiger partial charge in [0.15, 0.2) is 0 Å². The topological polar surface area (TPSA) is 104 Å². The zero-order valence-corrected chi connectivity index (χ0v) is 15.7. The van der Waals surface area contributed by atoms with E-state index in [9.17, 15) is 19.8 Å². The van der Waals surface area contributed by atoms with Crippen LogP contribution in [-0.4, -0.2) is 40.1 Å². The zero-order valence-electron chi connectivity index (χ0n) is 15.7. The van der Waals surface area contributed by atoms with Gasteiger partial charge in [0, 0.05) is 0 Å². The predicted molar refractivity (Wildman–Crippen MR) is 105 cm³/mol. The molecule has 6 heteroatoms. The fourth-order valence-corrected chi connectivity index (χ4v) is 3.90. The van der Waals surface area contributed by atoms with Crippen molar-refractivity contribution >= 4 is 11.8 Å². The van der Waals surface area contributed by atoms with Crippen molar-refractivity contribution in [1.82, 2.24) is 4.90 Å².